The number of primary amides is 1. The lowest BCUT2D eigenvalue weighted by atomic mass is 9.89. The average molecular weight is 444 g/mol. The zero-order valence-electron chi connectivity index (χ0n) is 18.9. The summed E-state index contributed by atoms with van der Waals surface area (Å²) >= 11 is 0. The number of carbonyl (C=O) groups is 2. The van der Waals surface area contributed by atoms with Gasteiger partial charge in [0, 0.05) is 50.9 Å². The van der Waals surface area contributed by atoms with Gasteiger partial charge in [0.1, 0.15) is 11.8 Å². The molecule has 174 valence electrons. The number of ether oxygens (including phenoxy) is 1. The molecule has 0 bridgehead atoms. The Bertz CT molecular complexity index is 946. The molecular formula is C22H33N7O3. The molecule has 3 heterocycles. The number of rotatable bonds is 6. The number of hydrogen-bond donors (Lipinski definition) is 2. The van der Waals surface area contributed by atoms with Crippen LogP contribution in [-0.2, 0) is 9.53 Å². The van der Waals surface area contributed by atoms with E-state index < -0.39 is 0 Å². The smallest absolute Gasteiger partial charge is 0.409 e. The Kier molecular flexibility index (Phi) is 6.78. The van der Waals surface area contributed by atoms with E-state index in [2.05, 4.69) is 20.3 Å². The Hall–Kier alpha value is -2.88. The first kappa shape index (κ1) is 22.3. The summed E-state index contributed by atoms with van der Waals surface area (Å²) in [6.45, 7) is 5.25. The number of piperazine rings is 1. The highest BCUT2D eigenvalue weighted by Gasteiger charge is 2.30. The van der Waals surface area contributed by atoms with Gasteiger partial charge >= 0.3 is 6.09 Å². The molecule has 2 aromatic rings. The lowest BCUT2D eigenvalue weighted by molar-refractivity contribution is -0.118. The summed E-state index contributed by atoms with van der Waals surface area (Å²) < 4.78 is 6.65. The van der Waals surface area contributed by atoms with Crippen LogP contribution in [0.3, 0.4) is 0 Å². The lowest BCUT2D eigenvalue weighted by Crippen LogP contribution is -2.53. The molecule has 1 atom stereocenters. The average Bonchev–Trinajstić information content (AvgIpc) is 3.24. The topological polar surface area (TPSA) is 118 Å². The van der Waals surface area contributed by atoms with Crippen molar-refractivity contribution in [3.63, 3.8) is 0 Å². The Labute approximate surface area is 188 Å². The molecule has 2 aromatic heterocycles. The maximum absolute atomic E-state index is 11.7. The van der Waals surface area contributed by atoms with Crippen molar-refractivity contribution in [2.45, 2.75) is 57.0 Å². The summed E-state index contributed by atoms with van der Waals surface area (Å²) in [6.07, 6.45) is 7.87. The highest BCUT2D eigenvalue weighted by Crippen LogP contribution is 2.31. The summed E-state index contributed by atoms with van der Waals surface area (Å²) in [4.78, 5) is 31.9. The first-order valence-electron chi connectivity index (χ1n) is 11.4. The number of hydrogen-bond acceptors (Lipinski definition) is 7. The number of methoxy groups -OCH3 is 1. The molecule has 2 amide bonds. The van der Waals surface area contributed by atoms with E-state index in [0.29, 0.717) is 18.5 Å². The van der Waals surface area contributed by atoms with E-state index in [9.17, 15) is 9.59 Å². The van der Waals surface area contributed by atoms with Gasteiger partial charge in [0.2, 0.25) is 5.91 Å². The van der Waals surface area contributed by atoms with Gasteiger partial charge in [-0.1, -0.05) is 6.92 Å². The fourth-order valence-electron chi connectivity index (χ4n) is 5.07. The molecule has 1 saturated carbocycles. The van der Waals surface area contributed by atoms with Crippen LogP contribution in [0.4, 0.5) is 10.6 Å². The van der Waals surface area contributed by atoms with Crippen molar-refractivity contribution in [1.29, 1.82) is 0 Å². The number of nitrogens with zero attached hydrogens (tertiary/aromatic N) is 5. The number of nitrogens with one attached hydrogen (secondary N) is 1. The first-order valence-corrected chi connectivity index (χ1v) is 11.4. The van der Waals surface area contributed by atoms with E-state index in [0.717, 1.165) is 68.8 Å². The molecule has 10 nitrogen and oxygen atoms in total. The fraction of sp³-hybridized carbons (Fsp3) is 0.636. The third-order valence-corrected chi connectivity index (χ3v) is 6.82. The molecule has 1 aliphatic carbocycles. The number of amides is 2. The predicted octanol–water partition coefficient (Wildman–Crippen LogP) is 1.82. The molecule has 1 saturated heterocycles. The zero-order chi connectivity index (χ0) is 22.7. The molecule has 2 aliphatic rings. The summed E-state index contributed by atoms with van der Waals surface area (Å²) in [5, 5.41) is 7.96. The van der Waals surface area contributed by atoms with Crippen LogP contribution in [0.15, 0.2) is 18.6 Å². The van der Waals surface area contributed by atoms with Crippen LogP contribution in [0, 0.1) is 0 Å². The number of fused-ring (bicyclic) bond motifs is 1. The molecule has 0 aromatic carbocycles. The van der Waals surface area contributed by atoms with Gasteiger partial charge < -0.3 is 20.7 Å². The molecule has 10 heteroatoms. The lowest BCUT2D eigenvalue weighted by Gasteiger charge is -2.41. The quantitative estimate of drug-likeness (QED) is 0.699. The summed E-state index contributed by atoms with van der Waals surface area (Å²) in [6, 6.07) is 2.89. The van der Waals surface area contributed by atoms with Crippen LogP contribution >= 0.6 is 0 Å². The van der Waals surface area contributed by atoms with Crippen LogP contribution < -0.4 is 11.1 Å². The Balaban J connectivity index is 1.36. The summed E-state index contributed by atoms with van der Waals surface area (Å²) in [7, 11) is 1.43. The molecule has 0 spiro atoms. The summed E-state index contributed by atoms with van der Waals surface area (Å²) in [5.74, 6) is 0.504. The minimum Gasteiger partial charge on any atom is -0.453 e. The molecular weight excluding hydrogens is 410 g/mol. The van der Waals surface area contributed by atoms with Gasteiger partial charge in [0.05, 0.1) is 7.11 Å². The maximum Gasteiger partial charge on any atom is 0.409 e. The second kappa shape index (κ2) is 9.72. The van der Waals surface area contributed by atoms with Crippen LogP contribution in [0.5, 0.6) is 0 Å². The van der Waals surface area contributed by atoms with Crippen molar-refractivity contribution in [2.24, 2.45) is 5.73 Å². The maximum atomic E-state index is 11.7. The number of nitrogens with two attached hydrogens (primary N) is 1. The number of aromatic nitrogens is 3. The van der Waals surface area contributed by atoms with Gasteiger partial charge in [-0.3, -0.25) is 9.69 Å². The fourth-order valence-corrected chi connectivity index (χ4v) is 5.07. The minimum absolute atomic E-state index is 0.00319. The van der Waals surface area contributed by atoms with Gasteiger partial charge in [0.25, 0.3) is 0 Å². The first-order chi connectivity index (χ1) is 15.5. The Morgan fingerprint density at radius 1 is 1.22 bits per heavy atom. The Morgan fingerprint density at radius 3 is 2.59 bits per heavy atom. The highest BCUT2D eigenvalue weighted by atomic mass is 16.5. The predicted molar refractivity (Wildman–Crippen MR) is 120 cm³/mol. The third kappa shape index (κ3) is 4.79. The van der Waals surface area contributed by atoms with Crippen LogP contribution in [0.25, 0.3) is 5.52 Å². The van der Waals surface area contributed by atoms with Gasteiger partial charge in [-0.2, -0.15) is 5.10 Å². The second-order valence-electron chi connectivity index (χ2n) is 8.89. The van der Waals surface area contributed by atoms with Crippen molar-refractivity contribution in [2.75, 3.05) is 38.6 Å². The minimum atomic E-state index is -0.311. The SMILES string of the molecule is COC(=O)N1CCN(C2CCC(Nc3ncnn4ccc([C@H](C)CC(N)=O)c34)CC2)CC1. The molecule has 0 unspecified atom stereocenters. The third-order valence-electron chi connectivity index (χ3n) is 6.82. The van der Waals surface area contributed by atoms with Gasteiger partial charge in [0.15, 0.2) is 5.82 Å². The van der Waals surface area contributed by atoms with Crippen molar-refractivity contribution < 1.29 is 14.3 Å². The molecule has 4 rings (SSSR count). The zero-order valence-corrected chi connectivity index (χ0v) is 18.9. The largest absolute Gasteiger partial charge is 0.453 e. The second-order valence-corrected chi connectivity index (χ2v) is 8.89. The molecule has 3 N–H and O–H groups in total. The van der Waals surface area contributed by atoms with Crippen LogP contribution in [0.2, 0.25) is 0 Å². The van der Waals surface area contributed by atoms with E-state index in [4.69, 9.17) is 10.5 Å². The van der Waals surface area contributed by atoms with E-state index in [-0.39, 0.29) is 17.9 Å². The van der Waals surface area contributed by atoms with Crippen molar-refractivity contribution in [3.05, 3.63) is 24.2 Å². The van der Waals surface area contributed by atoms with E-state index in [1.165, 1.54) is 7.11 Å². The Morgan fingerprint density at radius 2 is 1.94 bits per heavy atom. The van der Waals surface area contributed by atoms with Gasteiger partial charge in [-0.25, -0.2) is 14.3 Å². The monoisotopic (exact) mass is 443 g/mol. The van der Waals surface area contributed by atoms with Crippen LogP contribution in [0.1, 0.15) is 50.5 Å². The number of anilines is 1. The normalized spacial score (nSPS) is 23.1. The summed E-state index contributed by atoms with van der Waals surface area (Å²) in [5.41, 5.74) is 7.36. The molecule has 32 heavy (non-hydrogen) atoms. The molecule has 1 aliphatic heterocycles. The van der Waals surface area contributed by atoms with E-state index >= 15 is 0 Å². The van der Waals surface area contributed by atoms with Crippen molar-refractivity contribution in [3.8, 4) is 0 Å². The highest BCUT2D eigenvalue weighted by molar-refractivity contribution is 5.78. The van der Waals surface area contributed by atoms with Crippen LogP contribution in [-0.4, -0.2) is 81.8 Å². The molecule has 0 radical (unpaired) electrons. The molecule has 2 fully saturated rings. The van der Waals surface area contributed by atoms with Crippen molar-refractivity contribution in [1.82, 2.24) is 24.4 Å². The van der Waals surface area contributed by atoms with E-state index in [1.54, 1.807) is 11.2 Å². The van der Waals surface area contributed by atoms with Gasteiger partial charge in [-0.05, 0) is 43.2 Å². The van der Waals surface area contributed by atoms with E-state index in [1.807, 2.05) is 23.7 Å². The van der Waals surface area contributed by atoms with Gasteiger partial charge in [-0.15, -0.1) is 0 Å². The van der Waals surface area contributed by atoms with Crippen molar-refractivity contribution >= 4 is 23.3 Å². The standard InChI is InChI=1S/C22H33N7O3/c1-15(13-19(23)30)18-7-8-29-20(18)21(24-14-25-29)26-16-3-5-17(6-4-16)27-9-11-28(12-10-27)22(31)32-2/h7-8,14-17H,3-6,9-13H2,1-2H3,(H2,23,30)(H,24,25,26)/t15-,16?,17?/m1/s1. The number of carbonyl (C=O) groups excluding carboxylic acids is 2.